The van der Waals surface area contributed by atoms with Crippen LogP contribution in [0.5, 0.6) is 0 Å². The summed E-state index contributed by atoms with van der Waals surface area (Å²) in [5, 5.41) is 3.25. The number of hydrogen-bond donors (Lipinski definition) is 2. The van der Waals surface area contributed by atoms with E-state index in [-0.39, 0.29) is 16.0 Å². The average molecular weight is 319 g/mol. The summed E-state index contributed by atoms with van der Waals surface area (Å²) in [6.07, 6.45) is 3.65. The predicted octanol–water partition coefficient (Wildman–Crippen LogP) is 2.04. The quantitative estimate of drug-likeness (QED) is 0.896. The third kappa shape index (κ3) is 2.70. The predicted molar refractivity (Wildman–Crippen MR) is 74.7 cm³/mol. The topological polar surface area (TPSA) is 58.2 Å². The second-order valence-electron chi connectivity index (χ2n) is 5.48. The molecule has 2 aliphatic heterocycles. The van der Waals surface area contributed by atoms with Gasteiger partial charge in [-0.2, -0.15) is 0 Å². The zero-order valence-corrected chi connectivity index (χ0v) is 12.3. The number of fused-ring (bicyclic) bond motifs is 2. The van der Waals surface area contributed by atoms with Gasteiger partial charge in [-0.05, 0) is 37.8 Å². The highest BCUT2D eigenvalue weighted by Crippen LogP contribution is 2.28. The first kappa shape index (κ1) is 14.3. The van der Waals surface area contributed by atoms with E-state index in [0.717, 1.165) is 25.7 Å². The largest absolute Gasteiger partial charge is 0.311 e. The van der Waals surface area contributed by atoms with Gasteiger partial charge in [0.05, 0.1) is 5.02 Å². The number of nitrogens with one attached hydrogen (secondary N) is 2. The SMILES string of the molecule is O=S(=O)(NC1CC2CCC(C1)N2)c1cccc(Cl)c1F. The summed E-state index contributed by atoms with van der Waals surface area (Å²) < 4.78 is 41.0. The van der Waals surface area contributed by atoms with E-state index in [0.29, 0.717) is 12.1 Å². The molecule has 2 unspecified atom stereocenters. The summed E-state index contributed by atoms with van der Waals surface area (Å²) >= 11 is 5.64. The normalized spacial score (nSPS) is 29.6. The highest BCUT2D eigenvalue weighted by Gasteiger charge is 2.35. The van der Waals surface area contributed by atoms with Crippen LogP contribution < -0.4 is 10.0 Å². The summed E-state index contributed by atoms with van der Waals surface area (Å²) in [6.45, 7) is 0. The number of rotatable bonds is 3. The molecule has 0 radical (unpaired) electrons. The standard InChI is InChI=1S/C13H16ClFN2O2S/c14-11-2-1-3-12(13(11)15)20(18,19)17-10-6-8-4-5-9(7-10)16-8/h1-3,8-10,16-17H,4-7H2. The van der Waals surface area contributed by atoms with Crippen LogP contribution in [0.1, 0.15) is 25.7 Å². The molecule has 0 amide bonds. The first-order chi connectivity index (χ1) is 9.45. The van der Waals surface area contributed by atoms with E-state index < -0.39 is 15.8 Å². The lowest BCUT2D eigenvalue weighted by Gasteiger charge is -2.29. The molecule has 1 aromatic carbocycles. The van der Waals surface area contributed by atoms with Gasteiger partial charge in [0.25, 0.3) is 0 Å². The molecule has 0 aromatic heterocycles. The zero-order chi connectivity index (χ0) is 14.3. The Morgan fingerprint density at radius 3 is 2.55 bits per heavy atom. The Kier molecular flexibility index (Phi) is 3.75. The van der Waals surface area contributed by atoms with E-state index in [4.69, 9.17) is 11.6 Å². The maximum atomic E-state index is 13.9. The Bertz CT molecular complexity index is 611. The highest BCUT2D eigenvalue weighted by atomic mass is 35.5. The van der Waals surface area contributed by atoms with Crippen molar-refractivity contribution in [3.8, 4) is 0 Å². The van der Waals surface area contributed by atoms with Crippen LogP contribution in [0.15, 0.2) is 23.1 Å². The Morgan fingerprint density at radius 2 is 1.90 bits per heavy atom. The average Bonchev–Trinajstić information content (AvgIpc) is 2.71. The van der Waals surface area contributed by atoms with E-state index in [1.54, 1.807) is 0 Å². The van der Waals surface area contributed by atoms with E-state index in [9.17, 15) is 12.8 Å². The van der Waals surface area contributed by atoms with Crippen molar-refractivity contribution in [2.45, 2.75) is 48.7 Å². The van der Waals surface area contributed by atoms with Crippen LogP contribution in [0.4, 0.5) is 4.39 Å². The molecular weight excluding hydrogens is 303 g/mol. The maximum absolute atomic E-state index is 13.9. The van der Waals surface area contributed by atoms with Crippen LogP contribution in [0.3, 0.4) is 0 Å². The maximum Gasteiger partial charge on any atom is 0.243 e. The number of piperidine rings is 1. The molecule has 4 nitrogen and oxygen atoms in total. The fourth-order valence-corrected chi connectivity index (χ4v) is 4.72. The van der Waals surface area contributed by atoms with E-state index in [1.807, 2.05) is 0 Å². The molecule has 7 heteroatoms. The second-order valence-corrected chi connectivity index (χ2v) is 7.57. The molecule has 2 saturated heterocycles. The molecule has 0 spiro atoms. The smallest absolute Gasteiger partial charge is 0.243 e. The van der Waals surface area contributed by atoms with Gasteiger partial charge in [0.2, 0.25) is 10.0 Å². The van der Waals surface area contributed by atoms with Gasteiger partial charge in [0.15, 0.2) is 5.82 Å². The van der Waals surface area contributed by atoms with Gasteiger partial charge in [-0.15, -0.1) is 0 Å². The van der Waals surface area contributed by atoms with Crippen molar-refractivity contribution in [2.75, 3.05) is 0 Å². The molecule has 2 N–H and O–H groups in total. The number of benzene rings is 1. The second kappa shape index (κ2) is 5.26. The van der Waals surface area contributed by atoms with Gasteiger partial charge >= 0.3 is 0 Å². The van der Waals surface area contributed by atoms with Crippen LogP contribution in [-0.4, -0.2) is 26.5 Å². The number of hydrogen-bond acceptors (Lipinski definition) is 3. The van der Waals surface area contributed by atoms with Crippen LogP contribution in [-0.2, 0) is 10.0 Å². The van der Waals surface area contributed by atoms with Crippen molar-refractivity contribution in [3.05, 3.63) is 29.0 Å². The van der Waals surface area contributed by atoms with Gasteiger partial charge in [0.1, 0.15) is 4.90 Å². The third-order valence-corrected chi connectivity index (χ3v) is 5.83. The number of halogens is 2. The molecule has 2 atom stereocenters. The molecule has 20 heavy (non-hydrogen) atoms. The van der Waals surface area contributed by atoms with Crippen molar-refractivity contribution >= 4 is 21.6 Å². The lowest BCUT2D eigenvalue weighted by atomic mass is 10.0. The Hall–Kier alpha value is -0.690. The lowest BCUT2D eigenvalue weighted by molar-refractivity contribution is 0.345. The molecular formula is C13H16ClFN2O2S. The van der Waals surface area contributed by atoms with E-state index in [1.165, 1.54) is 18.2 Å². The van der Waals surface area contributed by atoms with Crippen molar-refractivity contribution < 1.29 is 12.8 Å². The van der Waals surface area contributed by atoms with Gasteiger partial charge in [-0.1, -0.05) is 17.7 Å². The van der Waals surface area contributed by atoms with Crippen LogP contribution >= 0.6 is 11.6 Å². The van der Waals surface area contributed by atoms with Crippen LogP contribution in [0.25, 0.3) is 0 Å². The monoisotopic (exact) mass is 318 g/mol. The van der Waals surface area contributed by atoms with Crippen LogP contribution in [0.2, 0.25) is 5.02 Å². The first-order valence-corrected chi connectivity index (χ1v) is 8.54. The fraction of sp³-hybridized carbons (Fsp3) is 0.538. The van der Waals surface area contributed by atoms with Crippen molar-refractivity contribution in [2.24, 2.45) is 0 Å². The van der Waals surface area contributed by atoms with Crippen LogP contribution in [0, 0.1) is 5.82 Å². The zero-order valence-electron chi connectivity index (χ0n) is 10.8. The van der Waals surface area contributed by atoms with E-state index in [2.05, 4.69) is 10.0 Å². The Balaban J connectivity index is 1.80. The minimum atomic E-state index is -3.87. The molecule has 0 aliphatic carbocycles. The van der Waals surface area contributed by atoms with Gasteiger partial charge in [0, 0.05) is 18.1 Å². The molecule has 2 bridgehead atoms. The van der Waals surface area contributed by atoms with Crippen molar-refractivity contribution in [3.63, 3.8) is 0 Å². The summed E-state index contributed by atoms with van der Waals surface area (Å²) in [4.78, 5) is -0.379. The van der Waals surface area contributed by atoms with Gasteiger partial charge in [-0.25, -0.2) is 17.5 Å². The van der Waals surface area contributed by atoms with Gasteiger partial charge in [-0.3, -0.25) is 0 Å². The summed E-state index contributed by atoms with van der Waals surface area (Å²) in [7, 11) is -3.87. The van der Waals surface area contributed by atoms with Crippen molar-refractivity contribution in [1.82, 2.24) is 10.0 Å². The molecule has 2 fully saturated rings. The summed E-state index contributed by atoms with van der Waals surface area (Å²) in [5.41, 5.74) is 0. The third-order valence-electron chi connectivity index (χ3n) is 4.00. The minimum absolute atomic E-state index is 0.142. The fourth-order valence-electron chi connectivity index (χ4n) is 3.13. The first-order valence-electron chi connectivity index (χ1n) is 6.68. The minimum Gasteiger partial charge on any atom is -0.311 e. The molecule has 0 saturated carbocycles. The van der Waals surface area contributed by atoms with E-state index >= 15 is 0 Å². The molecule has 2 heterocycles. The van der Waals surface area contributed by atoms with Gasteiger partial charge < -0.3 is 5.32 Å². The summed E-state index contributed by atoms with van der Waals surface area (Å²) in [6, 6.07) is 4.60. The molecule has 1 aromatic rings. The van der Waals surface area contributed by atoms with Crippen molar-refractivity contribution in [1.29, 1.82) is 0 Å². The summed E-state index contributed by atoms with van der Waals surface area (Å²) in [5.74, 6) is -0.890. The Morgan fingerprint density at radius 1 is 1.25 bits per heavy atom. The number of sulfonamides is 1. The lowest BCUT2D eigenvalue weighted by Crippen LogP contribution is -2.48. The molecule has 3 rings (SSSR count). The molecule has 2 aliphatic rings. The highest BCUT2D eigenvalue weighted by molar-refractivity contribution is 7.89. The Labute approximate surface area is 122 Å². The molecule has 110 valence electrons.